The van der Waals surface area contributed by atoms with Crippen molar-refractivity contribution in [1.82, 2.24) is 4.90 Å². The van der Waals surface area contributed by atoms with Crippen LogP contribution >= 0.6 is 0 Å². The minimum absolute atomic E-state index is 0.0422. The molecule has 11 heteroatoms. The number of hydrogen-bond donors (Lipinski definition) is 2. The Labute approximate surface area is 283 Å². The van der Waals surface area contributed by atoms with E-state index in [9.17, 15) is 19.5 Å². The molecule has 3 unspecified atom stereocenters. The number of carbonyl (C=O) groups is 3. The van der Waals surface area contributed by atoms with Gasteiger partial charge in [-0.1, -0.05) is 36.4 Å². The fraction of sp³-hybridized carbons (Fsp3) is 0.289. The van der Waals surface area contributed by atoms with Crippen LogP contribution in [0.5, 0.6) is 11.5 Å². The van der Waals surface area contributed by atoms with Crippen molar-refractivity contribution in [2.45, 2.75) is 44.5 Å². The number of amides is 1. The molecule has 3 aliphatic heterocycles. The van der Waals surface area contributed by atoms with E-state index in [1.165, 1.54) is 29.3 Å². The van der Waals surface area contributed by atoms with Crippen LogP contribution in [0.2, 0.25) is 0 Å². The molecule has 0 spiro atoms. The number of nitrogens with one attached hydrogen (secondary N) is 1. The van der Waals surface area contributed by atoms with Gasteiger partial charge in [-0.3, -0.25) is 9.69 Å². The zero-order chi connectivity index (χ0) is 34.1. The average molecular weight is 665 g/mol. The van der Waals surface area contributed by atoms with Crippen molar-refractivity contribution in [2.75, 3.05) is 32.6 Å². The fourth-order valence-corrected chi connectivity index (χ4v) is 6.61. The standard InChI is InChI=1S/C38H36N2O9/c1-45-33-16-24-12-13-40(19-27(24)17-34(33)46-2)20-29-18-32(23-8-6-22(21-41)7-9-23)48-38(47-29)26-4-3-5-28(14-26)39-35(42)25-10-11-30-31(15-25)37(44)49-36(30)43/h3-11,14-17,29,32,38,41H,12-13,18-21H2,1-2H3,(H,39,42). The second-order valence-corrected chi connectivity index (χ2v) is 12.3. The Balaban J connectivity index is 1.10. The number of nitrogens with zero attached hydrogens (tertiary/aromatic N) is 1. The molecule has 11 nitrogen and oxygen atoms in total. The van der Waals surface area contributed by atoms with Crippen LogP contribution in [0, 0.1) is 0 Å². The molecule has 1 saturated heterocycles. The number of rotatable bonds is 9. The van der Waals surface area contributed by atoms with Crippen LogP contribution in [-0.4, -0.2) is 61.3 Å². The smallest absolute Gasteiger partial charge is 0.346 e. The summed E-state index contributed by atoms with van der Waals surface area (Å²) in [6.45, 7) is 2.24. The first kappa shape index (κ1) is 32.5. The molecule has 1 fully saturated rings. The summed E-state index contributed by atoms with van der Waals surface area (Å²) in [6.07, 6.45) is 0.336. The molecule has 3 heterocycles. The third-order valence-electron chi connectivity index (χ3n) is 9.20. The molecule has 4 aromatic rings. The van der Waals surface area contributed by atoms with Gasteiger partial charge in [-0.2, -0.15) is 0 Å². The molecule has 0 aromatic heterocycles. The molecule has 0 radical (unpaired) electrons. The molecule has 2 N–H and O–H groups in total. The minimum Gasteiger partial charge on any atom is -0.493 e. The maximum absolute atomic E-state index is 13.2. The van der Waals surface area contributed by atoms with E-state index in [0.717, 1.165) is 42.0 Å². The third kappa shape index (κ3) is 6.79. The van der Waals surface area contributed by atoms with Crippen LogP contribution in [0.4, 0.5) is 5.69 Å². The number of methoxy groups -OCH3 is 2. The van der Waals surface area contributed by atoms with E-state index in [1.54, 1.807) is 26.4 Å². The lowest BCUT2D eigenvalue weighted by atomic mass is 9.97. The number of aliphatic hydroxyl groups excluding tert-OH is 1. The van der Waals surface area contributed by atoms with Gasteiger partial charge in [0.1, 0.15) is 0 Å². The first-order valence-corrected chi connectivity index (χ1v) is 16.1. The molecule has 1 amide bonds. The first-order valence-electron chi connectivity index (χ1n) is 16.1. The maximum Gasteiger partial charge on any atom is 0.346 e. The van der Waals surface area contributed by atoms with Gasteiger partial charge in [0.2, 0.25) is 0 Å². The summed E-state index contributed by atoms with van der Waals surface area (Å²) in [6, 6.07) is 23.4. The average Bonchev–Trinajstić information content (AvgIpc) is 3.42. The van der Waals surface area contributed by atoms with E-state index in [-0.39, 0.29) is 35.5 Å². The van der Waals surface area contributed by atoms with Crippen LogP contribution in [-0.2, 0) is 33.8 Å². The Hall–Kier alpha value is -5.07. The molecule has 7 rings (SSSR count). The molecular formula is C38H36N2O9. The lowest BCUT2D eigenvalue weighted by Crippen LogP contribution is -2.41. The van der Waals surface area contributed by atoms with Gasteiger partial charge >= 0.3 is 11.9 Å². The van der Waals surface area contributed by atoms with Crippen molar-refractivity contribution in [2.24, 2.45) is 0 Å². The Morgan fingerprint density at radius 2 is 1.63 bits per heavy atom. The van der Waals surface area contributed by atoms with Crippen molar-refractivity contribution >= 4 is 23.5 Å². The van der Waals surface area contributed by atoms with Crippen LogP contribution < -0.4 is 14.8 Å². The summed E-state index contributed by atoms with van der Waals surface area (Å²) in [5.41, 5.74) is 5.89. The van der Waals surface area contributed by atoms with Crippen LogP contribution in [0.25, 0.3) is 0 Å². The van der Waals surface area contributed by atoms with Crippen molar-refractivity contribution in [1.29, 1.82) is 0 Å². The van der Waals surface area contributed by atoms with E-state index in [4.69, 9.17) is 18.9 Å². The van der Waals surface area contributed by atoms with Crippen molar-refractivity contribution in [3.8, 4) is 11.5 Å². The van der Waals surface area contributed by atoms with Crippen molar-refractivity contribution < 1.29 is 43.2 Å². The van der Waals surface area contributed by atoms with Crippen molar-refractivity contribution in [3.05, 3.63) is 123 Å². The molecule has 0 bridgehead atoms. The van der Waals surface area contributed by atoms with Gasteiger partial charge in [-0.25, -0.2) is 9.59 Å². The Bertz CT molecular complexity index is 1910. The molecule has 0 saturated carbocycles. The number of anilines is 1. The predicted molar refractivity (Wildman–Crippen MR) is 178 cm³/mol. The number of esters is 2. The monoisotopic (exact) mass is 664 g/mol. The summed E-state index contributed by atoms with van der Waals surface area (Å²) in [5, 5.41) is 12.5. The number of fused-ring (bicyclic) bond motifs is 2. The summed E-state index contributed by atoms with van der Waals surface area (Å²) >= 11 is 0. The molecule has 3 aliphatic rings. The summed E-state index contributed by atoms with van der Waals surface area (Å²) in [7, 11) is 3.29. The van der Waals surface area contributed by atoms with Gasteiger partial charge in [0.05, 0.1) is 44.2 Å². The highest BCUT2D eigenvalue weighted by Gasteiger charge is 2.34. The third-order valence-corrected chi connectivity index (χ3v) is 9.20. The van der Waals surface area contributed by atoms with Gasteiger partial charge in [0, 0.05) is 42.9 Å². The highest BCUT2D eigenvalue weighted by Crippen LogP contribution is 2.40. The second kappa shape index (κ2) is 13.8. The Morgan fingerprint density at radius 3 is 2.39 bits per heavy atom. The number of carbonyl (C=O) groups excluding carboxylic acids is 3. The SMILES string of the molecule is COc1cc2c(cc1OC)CN(CC1CC(c3ccc(CO)cc3)OC(c3cccc(NC(=O)c4ccc5c(c4)C(=O)OC5=O)c3)O1)CC2. The lowest BCUT2D eigenvalue weighted by molar-refractivity contribution is -0.253. The minimum atomic E-state index is -0.771. The van der Waals surface area contributed by atoms with Gasteiger partial charge in [-0.15, -0.1) is 0 Å². The molecular weight excluding hydrogens is 628 g/mol. The van der Waals surface area contributed by atoms with Crippen LogP contribution in [0.15, 0.2) is 78.9 Å². The van der Waals surface area contributed by atoms with E-state index in [0.29, 0.717) is 24.4 Å². The van der Waals surface area contributed by atoms with E-state index < -0.39 is 24.1 Å². The van der Waals surface area contributed by atoms with Gasteiger partial charge in [0.25, 0.3) is 5.91 Å². The van der Waals surface area contributed by atoms with Gasteiger partial charge < -0.3 is 34.1 Å². The van der Waals surface area contributed by atoms with Gasteiger partial charge in [-0.05, 0) is 71.1 Å². The largest absolute Gasteiger partial charge is 0.493 e. The number of ether oxygens (including phenoxy) is 5. The van der Waals surface area contributed by atoms with E-state index in [2.05, 4.69) is 21.0 Å². The summed E-state index contributed by atoms with van der Waals surface area (Å²) in [5.74, 6) is -0.507. The number of cyclic esters (lactones) is 2. The molecule has 3 atom stereocenters. The van der Waals surface area contributed by atoms with Gasteiger partial charge in [0.15, 0.2) is 17.8 Å². The molecule has 4 aromatic carbocycles. The zero-order valence-electron chi connectivity index (χ0n) is 27.1. The Kier molecular flexibility index (Phi) is 9.15. The van der Waals surface area contributed by atoms with Crippen LogP contribution in [0.3, 0.4) is 0 Å². The zero-order valence-corrected chi connectivity index (χ0v) is 27.1. The van der Waals surface area contributed by atoms with E-state index in [1.807, 2.05) is 42.5 Å². The molecule has 0 aliphatic carbocycles. The number of aliphatic hydroxyl groups is 1. The lowest BCUT2D eigenvalue weighted by Gasteiger charge is -2.39. The van der Waals surface area contributed by atoms with E-state index >= 15 is 0 Å². The maximum atomic E-state index is 13.2. The molecule has 252 valence electrons. The summed E-state index contributed by atoms with van der Waals surface area (Å²) < 4.78 is 28.9. The fourth-order valence-electron chi connectivity index (χ4n) is 6.61. The molecule has 49 heavy (non-hydrogen) atoms. The number of hydrogen-bond acceptors (Lipinski definition) is 10. The number of benzene rings is 4. The normalized spacial score (nSPS) is 20.3. The van der Waals surface area contributed by atoms with Crippen molar-refractivity contribution in [3.63, 3.8) is 0 Å². The predicted octanol–water partition coefficient (Wildman–Crippen LogP) is 5.36. The second-order valence-electron chi connectivity index (χ2n) is 12.3. The topological polar surface area (TPSA) is 133 Å². The quantitative estimate of drug-likeness (QED) is 0.178. The highest BCUT2D eigenvalue weighted by atomic mass is 16.7. The van der Waals surface area contributed by atoms with Crippen LogP contribution in [0.1, 0.15) is 77.7 Å². The Morgan fingerprint density at radius 1 is 0.878 bits per heavy atom. The first-order chi connectivity index (χ1) is 23.8. The summed E-state index contributed by atoms with van der Waals surface area (Å²) in [4.78, 5) is 39.4. The highest BCUT2D eigenvalue weighted by molar-refractivity contribution is 6.16.